The quantitative estimate of drug-likeness (QED) is 0.896. The summed E-state index contributed by atoms with van der Waals surface area (Å²) in [5, 5.41) is 6.09. The minimum absolute atomic E-state index is 0.0297. The molecule has 3 rings (SSSR count). The molecule has 2 heterocycles. The Kier molecular flexibility index (Phi) is 3.63. The first-order chi connectivity index (χ1) is 9.63. The minimum Gasteiger partial charge on any atom is -0.383 e. The van der Waals surface area contributed by atoms with Crippen LogP contribution >= 0.6 is 11.6 Å². The van der Waals surface area contributed by atoms with Gasteiger partial charge < -0.3 is 9.84 Å². The number of aromatic nitrogens is 1. The van der Waals surface area contributed by atoms with Gasteiger partial charge >= 0.3 is 0 Å². The van der Waals surface area contributed by atoms with Crippen LogP contribution in [0, 0.1) is 5.82 Å². The van der Waals surface area contributed by atoms with E-state index in [0.717, 1.165) is 24.9 Å². The summed E-state index contributed by atoms with van der Waals surface area (Å²) < 4.78 is 18.3. The van der Waals surface area contributed by atoms with Crippen LogP contribution in [0.5, 0.6) is 0 Å². The summed E-state index contributed by atoms with van der Waals surface area (Å²) in [6.45, 7) is 0.790. The van der Waals surface area contributed by atoms with Gasteiger partial charge in [-0.1, -0.05) is 17.7 Å². The zero-order chi connectivity index (χ0) is 14.1. The zero-order valence-electron chi connectivity index (χ0n) is 10.7. The van der Waals surface area contributed by atoms with Crippen LogP contribution in [0.2, 0.25) is 5.02 Å². The van der Waals surface area contributed by atoms with Gasteiger partial charge in [0.1, 0.15) is 11.6 Å². The molecule has 0 spiro atoms. The van der Waals surface area contributed by atoms with E-state index < -0.39 is 0 Å². The summed E-state index contributed by atoms with van der Waals surface area (Å²) in [4.78, 5) is 11.1. The molecule has 1 fully saturated rings. The Morgan fingerprint density at radius 1 is 1.35 bits per heavy atom. The van der Waals surface area contributed by atoms with Crippen molar-refractivity contribution in [3.8, 4) is 0 Å². The van der Waals surface area contributed by atoms with Crippen LogP contribution in [-0.2, 0) is 0 Å². The number of aromatic amines is 1. The fourth-order valence-electron chi connectivity index (χ4n) is 2.70. The summed E-state index contributed by atoms with van der Waals surface area (Å²) in [7, 11) is 0. The normalized spacial score (nSPS) is 22.9. The Bertz CT molecular complexity index is 667. The maximum atomic E-state index is 13.1. The molecule has 1 aliphatic heterocycles. The molecular formula is C14H14ClFN2O2. The molecule has 1 aliphatic rings. The third-order valence-corrected chi connectivity index (χ3v) is 4.01. The third kappa shape index (κ3) is 2.64. The van der Waals surface area contributed by atoms with E-state index in [1.54, 1.807) is 6.07 Å². The van der Waals surface area contributed by atoms with Crippen LogP contribution < -0.4 is 10.9 Å². The molecule has 20 heavy (non-hydrogen) atoms. The lowest BCUT2D eigenvalue weighted by atomic mass is 9.87. The zero-order valence-corrected chi connectivity index (χ0v) is 11.4. The maximum absolute atomic E-state index is 13.1. The van der Waals surface area contributed by atoms with E-state index in [2.05, 4.69) is 10.5 Å². The highest BCUT2D eigenvalue weighted by atomic mass is 35.5. The number of hydrogen-bond acceptors (Lipinski definition) is 3. The first-order valence-corrected chi connectivity index (χ1v) is 6.88. The maximum Gasteiger partial charge on any atom is 0.280 e. The summed E-state index contributed by atoms with van der Waals surface area (Å²) in [5.74, 6) is 0.476. The van der Waals surface area contributed by atoms with Crippen molar-refractivity contribution in [1.82, 2.24) is 10.5 Å². The number of hydrogen-bond donors (Lipinski definition) is 2. The molecule has 2 N–H and O–H groups in total. The summed E-state index contributed by atoms with van der Waals surface area (Å²) in [6, 6.07) is 5.94. The second-order valence-corrected chi connectivity index (χ2v) is 5.42. The van der Waals surface area contributed by atoms with E-state index in [0.29, 0.717) is 10.8 Å². The average Bonchev–Trinajstić information content (AvgIpc) is 2.86. The van der Waals surface area contributed by atoms with Gasteiger partial charge in [0.25, 0.3) is 5.56 Å². The van der Waals surface area contributed by atoms with Crippen molar-refractivity contribution >= 4 is 11.6 Å². The Morgan fingerprint density at radius 2 is 2.20 bits per heavy atom. The molecule has 1 aromatic heterocycles. The average molecular weight is 297 g/mol. The van der Waals surface area contributed by atoms with Gasteiger partial charge in [-0.05, 0) is 37.1 Å². The standard InChI is InChI=1S/C14H14ClFN2O2/c15-11-6-9(16)1-2-10(11)12-5-8(3-4-17-12)13-7-14(19)18-20-13/h1-2,6-8,12,17H,3-5H2,(H,18,19)/t8-,12-/m1/s1. The van der Waals surface area contributed by atoms with E-state index in [4.69, 9.17) is 16.1 Å². The van der Waals surface area contributed by atoms with Gasteiger partial charge in [-0.3, -0.25) is 4.79 Å². The molecule has 2 aromatic rings. The number of H-pyrrole nitrogens is 1. The van der Waals surface area contributed by atoms with Crippen molar-refractivity contribution < 1.29 is 8.91 Å². The van der Waals surface area contributed by atoms with E-state index in [-0.39, 0.29) is 23.3 Å². The number of halogens is 2. The van der Waals surface area contributed by atoms with Gasteiger partial charge in [-0.2, -0.15) is 5.16 Å². The lowest BCUT2D eigenvalue weighted by Crippen LogP contribution is -2.31. The van der Waals surface area contributed by atoms with Gasteiger partial charge in [0.2, 0.25) is 0 Å². The first-order valence-electron chi connectivity index (χ1n) is 6.50. The predicted molar refractivity (Wildman–Crippen MR) is 73.5 cm³/mol. The Labute approximate surface area is 119 Å². The molecule has 6 heteroatoms. The Morgan fingerprint density at radius 3 is 2.90 bits per heavy atom. The highest BCUT2D eigenvalue weighted by Gasteiger charge is 2.27. The largest absolute Gasteiger partial charge is 0.383 e. The van der Waals surface area contributed by atoms with E-state index >= 15 is 0 Å². The fourth-order valence-corrected chi connectivity index (χ4v) is 2.99. The summed E-state index contributed by atoms with van der Waals surface area (Å²) in [5.41, 5.74) is 0.644. The molecule has 4 nitrogen and oxygen atoms in total. The molecule has 0 bridgehead atoms. The molecule has 0 unspecified atom stereocenters. The molecule has 1 saturated heterocycles. The molecule has 0 aliphatic carbocycles. The van der Waals surface area contributed by atoms with Crippen LogP contribution in [-0.4, -0.2) is 11.7 Å². The van der Waals surface area contributed by atoms with Gasteiger partial charge in [0.15, 0.2) is 0 Å². The molecular weight excluding hydrogens is 283 g/mol. The van der Waals surface area contributed by atoms with E-state index in [1.165, 1.54) is 18.2 Å². The van der Waals surface area contributed by atoms with Gasteiger partial charge in [-0.15, -0.1) is 0 Å². The Balaban J connectivity index is 1.83. The van der Waals surface area contributed by atoms with Crippen LogP contribution in [0.15, 0.2) is 33.6 Å². The van der Waals surface area contributed by atoms with Crippen LogP contribution in [0.4, 0.5) is 4.39 Å². The lowest BCUT2D eigenvalue weighted by Gasteiger charge is -2.29. The minimum atomic E-state index is -0.345. The van der Waals surface area contributed by atoms with Crippen molar-refractivity contribution in [2.75, 3.05) is 6.54 Å². The molecule has 1 aromatic carbocycles. The van der Waals surface area contributed by atoms with Crippen LogP contribution in [0.1, 0.15) is 36.1 Å². The van der Waals surface area contributed by atoms with Crippen LogP contribution in [0.25, 0.3) is 0 Å². The second kappa shape index (κ2) is 5.42. The van der Waals surface area contributed by atoms with E-state index in [1.807, 2.05) is 0 Å². The molecule has 0 amide bonds. The van der Waals surface area contributed by atoms with Crippen molar-refractivity contribution in [2.24, 2.45) is 0 Å². The van der Waals surface area contributed by atoms with Gasteiger partial charge in [0, 0.05) is 23.0 Å². The number of benzene rings is 1. The number of nitrogens with one attached hydrogen (secondary N) is 2. The summed E-state index contributed by atoms with van der Waals surface area (Å²) >= 11 is 6.10. The highest BCUT2D eigenvalue weighted by molar-refractivity contribution is 6.31. The topological polar surface area (TPSA) is 58.0 Å². The van der Waals surface area contributed by atoms with Gasteiger partial charge in [0.05, 0.1) is 0 Å². The van der Waals surface area contributed by atoms with E-state index in [9.17, 15) is 9.18 Å². The summed E-state index contributed by atoms with van der Waals surface area (Å²) in [6.07, 6.45) is 1.64. The van der Waals surface area contributed by atoms with Crippen molar-refractivity contribution in [3.63, 3.8) is 0 Å². The molecule has 0 saturated carbocycles. The lowest BCUT2D eigenvalue weighted by molar-refractivity contribution is 0.295. The molecule has 106 valence electrons. The number of rotatable bonds is 2. The predicted octanol–water partition coefficient (Wildman–Crippen LogP) is 2.97. The molecule has 0 radical (unpaired) electrons. The monoisotopic (exact) mass is 296 g/mol. The highest BCUT2D eigenvalue weighted by Crippen LogP contribution is 2.36. The van der Waals surface area contributed by atoms with Gasteiger partial charge in [-0.25, -0.2) is 4.39 Å². The SMILES string of the molecule is O=c1cc([C@@H]2CCN[C@@H](c3ccc(F)cc3Cl)C2)o[nH]1. The first kappa shape index (κ1) is 13.4. The number of piperidine rings is 1. The second-order valence-electron chi connectivity index (χ2n) is 5.01. The van der Waals surface area contributed by atoms with Crippen molar-refractivity contribution in [2.45, 2.75) is 24.8 Å². The van der Waals surface area contributed by atoms with Crippen molar-refractivity contribution in [3.05, 3.63) is 56.8 Å². The van der Waals surface area contributed by atoms with Crippen LogP contribution in [0.3, 0.4) is 0 Å². The smallest absolute Gasteiger partial charge is 0.280 e. The third-order valence-electron chi connectivity index (χ3n) is 3.69. The van der Waals surface area contributed by atoms with Crippen molar-refractivity contribution in [1.29, 1.82) is 0 Å². The Hall–Kier alpha value is -1.59. The molecule has 2 atom stereocenters. The fraction of sp³-hybridized carbons (Fsp3) is 0.357.